The molecule has 2 aromatic heterocycles. The quantitative estimate of drug-likeness (QED) is 0.230. The number of ketones is 1. The van der Waals surface area contributed by atoms with Crippen molar-refractivity contribution < 1.29 is 27.5 Å². The summed E-state index contributed by atoms with van der Waals surface area (Å²) in [6, 6.07) is 8.72. The SMILES string of the molecule is CCCCC(C(=O)Cc1ccc(C(N)=O)c(F)c1)n1cc(OC)c(-c2cc(Cl)ccc2-n2cc(C(F)F)nn2)cc1=O. The van der Waals surface area contributed by atoms with Crippen LogP contribution < -0.4 is 16.0 Å². The third kappa shape index (κ3) is 6.54. The fourth-order valence-corrected chi connectivity index (χ4v) is 4.78. The number of alkyl halides is 2. The van der Waals surface area contributed by atoms with Crippen molar-refractivity contribution in [3.63, 3.8) is 0 Å². The smallest absolute Gasteiger partial charge is 0.283 e. The number of ether oxygens (including phenoxy) is 1. The van der Waals surface area contributed by atoms with Crippen LogP contribution in [0.1, 0.15) is 60.3 Å². The molecule has 1 unspecified atom stereocenters. The highest BCUT2D eigenvalue weighted by molar-refractivity contribution is 6.31. The zero-order valence-corrected chi connectivity index (χ0v) is 23.4. The van der Waals surface area contributed by atoms with Crippen molar-refractivity contribution >= 4 is 23.3 Å². The molecule has 0 aliphatic carbocycles. The summed E-state index contributed by atoms with van der Waals surface area (Å²) in [5, 5.41) is 7.59. The van der Waals surface area contributed by atoms with E-state index in [0.29, 0.717) is 34.7 Å². The minimum atomic E-state index is -2.83. The van der Waals surface area contributed by atoms with Crippen LogP contribution in [0.15, 0.2) is 59.7 Å². The zero-order chi connectivity index (χ0) is 30.6. The van der Waals surface area contributed by atoms with E-state index in [1.54, 1.807) is 6.07 Å². The maximum absolute atomic E-state index is 14.3. The second kappa shape index (κ2) is 13.0. The van der Waals surface area contributed by atoms with Gasteiger partial charge in [0.1, 0.15) is 17.3 Å². The number of nitrogens with two attached hydrogens (primary N) is 1. The normalized spacial score (nSPS) is 12.0. The van der Waals surface area contributed by atoms with E-state index in [2.05, 4.69) is 10.3 Å². The van der Waals surface area contributed by atoms with Gasteiger partial charge in [0, 0.05) is 28.6 Å². The van der Waals surface area contributed by atoms with Crippen molar-refractivity contribution in [1.29, 1.82) is 0 Å². The van der Waals surface area contributed by atoms with E-state index in [1.807, 2.05) is 6.92 Å². The third-order valence-corrected chi connectivity index (χ3v) is 6.95. The molecular weight excluding hydrogens is 575 g/mol. The van der Waals surface area contributed by atoms with Crippen LogP contribution in [-0.2, 0) is 11.2 Å². The molecule has 0 radical (unpaired) electrons. The number of aromatic nitrogens is 4. The van der Waals surface area contributed by atoms with Gasteiger partial charge in [-0.25, -0.2) is 17.9 Å². The number of unbranched alkanes of at least 4 members (excludes halogenated alkanes) is 1. The number of hydrogen-bond donors (Lipinski definition) is 1. The summed E-state index contributed by atoms with van der Waals surface area (Å²) >= 11 is 6.25. The molecule has 0 saturated carbocycles. The average molecular weight is 602 g/mol. The van der Waals surface area contributed by atoms with E-state index in [9.17, 15) is 27.6 Å². The molecule has 0 spiro atoms. The molecule has 0 saturated heterocycles. The highest BCUT2D eigenvalue weighted by Gasteiger charge is 2.25. The topological polar surface area (TPSA) is 122 Å². The van der Waals surface area contributed by atoms with Crippen LogP contribution in [-0.4, -0.2) is 38.4 Å². The lowest BCUT2D eigenvalue weighted by atomic mass is 9.97. The van der Waals surface area contributed by atoms with Crippen LogP contribution in [0.5, 0.6) is 5.75 Å². The number of pyridine rings is 1. The Morgan fingerprint density at radius 2 is 1.86 bits per heavy atom. The molecule has 0 aliphatic heterocycles. The van der Waals surface area contributed by atoms with E-state index in [1.165, 1.54) is 48.2 Å². The standard InChI is InChI=1S/C29H27ClF3N5O4/c1-3-4-5-24(25(39)11-16-6-8-18(29(34)41)21(31)10-16)37-15-26(42-2)20(13-27(37)40)19-12-17(30)7-9-23(19)38-14-22(28(32)33)35-36-38/h6-10,12-15,24,28H,3-5,11H2,1-2H3,(H2,34,41). The first-order chi connectivity index (χ1) is 20.0. The lowest BCUT2D eigenvalue weighted by Gasteiger charge is -2.21. The fourth-order valence-electron chi connectivity index (χ4n) is 4.60. The van der Waals surface area contributed by atoms with Crippen molar-refractivity contribution in [3.05, 3.63) is 92.9 Å². The predicted octanol–water partition coefficient (Wildman–Crippen LogP) is 5.48. The first-order valence-corrected chi connectivity index (χ1v) is 13.3. The van der Waals surface area contributed by atoms with Crippen LogP contribution in [0, 0.1) is 5.82 Å². The van der Waals surface area contributed by atoms with Gasteiger partial charge in [-0.15, -0.1) is 5.10 Å². The van der Waals surface area contributed by atoms with Crippen molar-refractivity contribution in [2.45, 2.75) is 45.1 Å². The number of rotatable bonds is 12. The summed E-state index contributed by atoms with van der Waals surface area (Å²) in [6.45, 7) is 1.94. The maximum Gasteiger partial charge on any atom is 0.283 e. The van der Waals surface area contributed by atoms with E-state index in [0.717, 1.165) is 23.4 Å². The Balaban J connectivity index is 1.76. The molecule has 13 heteroatoms. The predicted molar refractivity (Wildman–Crippen MR) is 150 cm³/mol. The van der Waals surface area contributed by atoms with Crippen molar-refractivity contribution in [3.8, 4) is 22.6 Å². The van der Waals surface area contributed by atoms with Crippen molar-refractivity contribution in [1.82, 2.24) is 19.6 Å². The molecule has 1 atom stereocenters. The molecule has 9 nitrogen and oxygen atoms in total. The van der Waals surface area contributed by atoms with Gasteiger partial charge in [-0.2, -0.15) is 0 Å². The monoisotopic (exact) mass is 601 g/mol. The summed E-state index contributed by atoms with van der Waals surface area (Å²) in [5.74, 6) is -1.91. The van der Waals surface area contributed by atoms with E-state index < -0.39 is 35.4 Å². The van der Waals surface area contributed by atoms with Gasteiger partial charge in [-0.1, -0.05) is 42.6 Å². The summed E-state index contributed by atoms with van der Waals surface area (Å²) in [5.41, 5.74) is 5.09. The van der Waals surface area contributed by atoms with Crippen molar-refractivity contribution in [2.24, 2.45) is 5.73 Å². The Bertz CT molecular complexity index is 1690. The second-order valence-corrected chi connectivity index (χ2v) is 9.97. The molecular formula is C29H27ClF3N5O4. The number of carbonyl (C=O) groups is 2. The molecule has 0 aliphatic rings. The first kappa shape index (κ1) is 30.5. The van der Waals surface area contributed by atoms with Gasteiger partial charge in [0.05, 0.1) is 36.8 Å². The summed E-state index contributed by atoms with van der Waals surface area (Å²) < 4.78 is 48.7. The fraction of sp³-hybridized carbons (Fsp3) is 0.276. The molecule has 2 heterocycles. The number of amides is 1. The van der Waals surface area contributed by atoms with Gasteiger partial charge < -0.3 is 15.0 Å². The Morgan fingerprint density at radius 1 is 1.10 bits per heavy atom. The molecule has 0 bridgehead atoms. The number of hydrogen-bond acceptors (Lipinski definition) is 6. The van der Waals surface area contributed by atoms with Crippen molar-refractivity contribution in [2.75, 3.05) is 7.11 Å². The molecule has 42 heavy (non-hydrogen) atoms. The van der Waals surface area contributed by atoms with Gasteiger partial charge in [-0.3, -0.25) is 14.4 Å². The van der Waals surface area contributed by atoms with Gasteiger partial charge in [0.25, 0.3) is 17.9 Å². The van der Waals surface area contributed by atoms with E-state index >= 15 is 0 Å². The summed E-state index contributed by atoms with van der Waals surface area (Å²) in [6.07, 6.45) is 1.16. The van der Waals surface area contributed by atoms with E-state index in [4.69, 9.17) is 22.1 Å². The van der Waals surface area contributed by atoms with Gasteiger partial charge in [0.15, 0.2) is 5.78 Å². The number of benzene rings is 2. The Morgan fingerprint density at radius 3 is 2.48 bits per heavy atom. The molecule has 4 rings (SSSR count). The highest BCUT2D eigenvalue weighted by atomic mass is 35.5. The molecule has 0 fully saturated rings. The Hall–Kier alpha value is -4.45. The Kier molecular flexibility index (Phi) is 9.46. The van der Waals surface area contributed by atoms with E-state index in [-0.39, 0.29) is 29.1 Å². The van der Waals surface area contributed by atoms with Crippen LogP contribution in [0.3, 0.4) is 0 Å². The maximum atomic E-state index is 14.3. The van der Waals surface area contributed by atoms with Gasteiger partial charge in [-0.05, 0) is 42.3 Å². The first-order valence-electron chi connectivity index (χ1n) is 13.0. The zero-order valence-electron chi connectivity index (χ0n) is 22.7. The van der Waals surface area contributed by atoms with Crippen LogP contribution in [0.25, 0.3) is 16.8 Å². The lowest BCUT2D eigenvalue weighted by molar-refractivity contribution is -0.121. The number of nitrogens with zero attached hydrogens (tertiary/aromatic N) is 4. The van der Waals surface area contributed by atoms with Crippen LogP contribution >= 0.6 is 11.6 Å². The lowest BCUT2D eigenvalue weighted by Crippen LogP contribution is -2.30. The summed E-state index contributed by atoms with van der Waals surface area (Å²) in [7, 11) is 1.38. The number of carbonyl (C=O) groups excluding carboxylic acids is 2. The molecule has 2 N–H and O–H groups in total. The number of halogens is 4. The number of methoxy groups -OCH3 is 1. The van der Waals surface area contributed by atoms with Crippen LogP contribution in [0.2, 0.25) is 5.02 Å². The number of primary amides is 1. The summed E-state index contributed by atoms with van der Waals surface area (Å²) in [4.78, 5) is 38.4. The minimum absolute atomic E-state index is 0.196. The molecule has 220 valence electrons. The minimum Gasteiger partial charge on any atom is -0.495 e. The average Bonchev–Trinajstić information content (AvgIpc) is 3.44. The second-order valence-electron chi connectivity index (χ2n) is 9.53. The third-order valence-electron chi connectivity index (χ3n) is 6.71. The number of Topliss-reactive ketones (excluding diaryl/α,β-unsaturated/α-hetero) is 1. The molecule has 1 amide bonds. The molecule has 2 aromatic carbocycles. The van der Waals surface area contributed by atoms with Crippen LogP contribution in [0.4, 0.5) is 13.2 Å². The van der Waals surface area contributed by atoms with Gasteiger partial charge >= 0.3 is 0 Å². The highest BCUT2D eigenvalue weighted by Crippen LogP contribution is 2.36. The van der Waals surface area contributed by atoms with Gasteiger partial charge in [0.2, 0.25) is 0 Å². The largest absolute Gasteiger partial charge is 0.495 e. The Labute approximate surface area is 243 Å². The molecule has 4 aromatic rings.